The zero-order chi connectivity index (χ0) is 18.1. The fourth-order valence-electron chi connectivity index (χ4n) is 3.42. The van der Waals surface area contributed by atoms with Gasteiger partial charge in [0, 0.05) is 30.8 Å². The lowest BCUT2D eigenvalue weighted by Crippen LogP contribution is -2.39. The highest BCUT2D eigenvalue weighted by Crippen LogP contribution is 2.37. The topological polar surface area (TPSA) is 50.3 Å². The zero-order valence-electron chi connectivity index (χ0n) is 15.0. The minimum atomic E-state index is -4.45. The standard InChI is InChI=1S/C18H19F3N4O.2ClH/c19-18(20,21)14-4-2-1-3-12(14)16-23-15-11-22-6-5-13(15)17(24-16)25-7-9-26-10-8-25;;/h1-4,22H,5-11H2;2*1H. The predicted molar refractivity (Wildman–Crippen MR) is 105 cm³/mol. The molecule has 1 saturated heterocycles. The molecule has 1 N–H and O–H groups in total. The number of nitrogens with one attached hydrogen (secondary N) is 1. The average Bonchev–Trinajstić information content (AvgIpc) is 2.67. The molecule has 0 aliphatic carbocycles. The van der Waals surface area contributed by atoms with E-state index in [-0.39, 0.29) is 36.2 Å². The Bertz CT molecular complexity index is 814. The van der Waals surface area contributed by atoms with Crippen LogP contribution in [-0.4, -0.2) is 42.8 Å². The lowest BCUT2D eigenvalue weighted by Gasteiger charge is -2.31. The van der Waals surface area contributed by atoms with Gasteiger partial charge >= 0.3 is 6.18 Å². The minimum Gasteiger partial charge on any atom is -0.378 e. The molecule has 4 rings (SSSR count). The molecule has 10 heteroatoms. The van der Waals surface area contributed by atoms with Crippen LogP contribution in [0.25, 0.3) is 11.4 Å². The van der Waals surface area contributed by atoms with E-state index in [1.165, 1.54) is 12.1 Å². The molecule has 28 heavy (non-hydrogen) atoms. The van der Waals surface area contributed by atoms with Gasteiger partial charge in [-0.1, -0.05) is 18.2 Å². The van der Waals surface area contributed by atoms with Crippen LogP contribution in [-0.2, 0) is 23.9 Å². The number of nitrogens with zero attached hydrogens (tertiary/aromatic N) is 3. The number of anilines is 1. The van der Waals surface area contributed by atoms with E-state index in [4.69, 9.17) is 4.74 Å². The highest BCUT2D eigenvalue weighted by molar-refractivity contribution is 5.85. The third-order valence-corrected chi connectivity index (χ3v) is 4.70. The van der Waals surface area contributed by atoms with E-state index in [2.05, 4.69) is 20.2 Å². The molecule has 0 spiro atoms. The van der Waals surface area contributed by atoms with Gasteiger partial charge in [-0.3, -0.25) is 0 Å². The molecule has 1 aromatic carbocycles. The largest absolute Gasteiger partial charge is 0.417 e. The summed E-state index contributed by atoms with van der Waals surface area (Å²) in [6.45, 7) is 3.88. The fraction of sp³-hybridized carbons (Fsp3) is 0.444. The van der Waals surface area contributed by atoms with Gasteiger partial charge in [-0.2, -0.15) is 13.2 Å². The van der Waals surface area contributed by atoms with Gasteiger partial charge in [-0.05, 0) is 19.0 Å². The average molecular weight is 437 g/mol. The van der Waals surface area contributed by atoms with Gasteiger partial charge < -0.3 is 15.0 Å². The summed E-state index contributed by atoms with van der Waals surface area (Å²) in [6.07, 6.45) is -3.68. The van der Waals surface area contributed by atoms with Crippen LogP contribution in [0.1, 0.15) is 16.8 Å². The second-order valence-corrected chi connectivity index (χ2v) is 6.37. The first-order valence-corrected chi connectivity index (χ1v) is 8.64. The number of fused-ring (bicyclic) bond motifs is 1. The van der Waals surface area contributed by atoms with Crippen LogP contribution in [0.15, 0.2) is 24.3 Å². The lowest BCUT2D eigenvalue weighted by atomic mass is 10.0. The molecule has 5 nitrogen and oxygen atoms in total. The fourth-order valence-corrected chi connectivity index (χ4v) is 3.42. The third kappa shape index (κ3) is 4.51. The Kier molecular flexibility index (Phi) is 7.50. The first-order chi connectivity index (χ1) is 12.5. The molecule has 3 heterocycles. The van der Waals surface area contributed by atoms with E-state index in [1.54, 1.807) is 6.07 Å². The Hall–Kier alpha value is -1.61. The second-order valence-electron chi connectivity index (χ2n) is 6.37. The van der Waals surface area contributed by atoms with Crippen LogP contribution in [0.3, 0.4) is 0 Å². The van der Waals surface area contributed by atoms with E-state index < -0.39 is 11.7 Å². The maximum Gasteiger partial charge on any atom is 0.417 e. The Balaban J connectivity index is 0.00000140. The molecule has 1 fully saturated rings. The van der Waals surface area contributed by atoms with Gasteiger partial charge in [0.2, 0.25) is 0 Å². The van der Waals surface area contributed by atoms with Gasteiger partial charge in [0.25, 0.3) is 0 Å². The summed E-state index contributed by atoms with van der Waals surface area (Å²) in [5.74, 6) is 0.869. The number of hydrogen-bond acceptors (Lipinski definition) is 5. The molecule has 2 aliphatic heterocycles. The molecule has 2 aromatic rings. The van der Waals surface area contributed by atoms with E-state index >= 15 is 0 Å². The van der Waals surface area contributed by atoms with Gasteiger partial charge in [0.15, 0.2) is 5.82 Å². The molecule has 1 aromatic heterocycles. The molecule has 0 atom stereocenters. The van der Waals surface area contributed by atoms with E-state index in [1.807, 2.05) is 0 Å². The highest BCUT2D eigenvalue weighted by atomic mass is 35.5. The normalized spacial score (nSPS) is 16.6. The third-order valence-electron chi connectivity index (χ3n) is 4.70. The molecular formula is C18H21Cl2F3N4O. The first-order valence-electron chi connectivity index (χ1n) is 8.64. The van der Waals surface area contributed by atoms with Crippen molar-refractivity contribution < 1.29 is 17.9 Å². The molecular weight excluding hydrogens is 416 g/mol. The van der Waals surface area contributed by atoms with Crippen molar-refractivity contribution in [3.05, 3.63) is 41.1 Å². The summed E-state index contributed by atoms with van der Waals surface area (Å²) in [7, 11) is 0. The Morgan fingerprint density at radius 3 is 2.46 bits per heavy atom. The molecule has 0 radical (unpaired) electrons. The first kappa shape index (κ1) is 22.7. The van der Waals surface area contributed by atoms with Crippen molar-refractivity contribution in [3.8, 4) is 11.4 Å². The van der Waals surface area contributed by atoms with E-state index in [0.29, 0.717) is 32.8 Å². The van der Waals surface area contributed by atoms with Crippen LogP contribution >= 0.6 is 24.8 Å². The Labute approximate surface area is 173 Å². The van der Waals surface area contributed by atoms with Crippen LogP contribution in [0.2, 0.25) is 0 Å². The number of ether oxygens (including phenoxy) is 1. The number of alkyl halides is 3. The predicted octanol–water partition coefficient (Wildman–Crippen LogP) is 3.49. The number of benzene rings is 1. The van der Waals surface area contributed by atoms with E-state index in [0.717, 1.165) is 36.1 Å². The summed E-state index contributed by atoms with van der Waals surface area (Å²) < 4.78 is 45.7. The monoisotopic (exact) mass is 436 g/mol. The van der Waals surface area contributed by atoms with Crippen LogP contribution in [0.5, 0.6) is 0 Å². The smallest absolute Gasteiger partial charge is 0.378 e. The van der Waals surface area contributed by atoms with Crippen LogP contribution in [0.4, 0.5) is 19.0 Å². The summed E-state index contributed by atoms with van der Waals surface area (Å²) in [5.41, 5.74) is 1.11. The summed E-state index contributed by atoms with van der Waals surface area (Å²) in [5, 5.41) is 3.24. The minimum absolute atomic E-state index is 0. The number of morpholine rings is 1. The van der Waals surface area contributed by atoms with Gasteiger partial charge in [0.05, 0.1) is 24.5 Å². The molecule has 0 saturated carbocycles. The summed E-state index contributed by atoms with van der Waals surface area (Å²) >= 11 is 0. The van der Waals surface area contributed by atoms with Crippen molar-refractivity contribution in [2.45, 2.75) is 19.1 Å². The Morgan fingerprint density at radius 1 is 1.04 bits per heavy atom. The quantitative estimate of drug-likeness (QED) is 0.780. The van der Waals surface area contributed by atoms with Gasteiger partial charge in [-0.25, -0.2) is 9.97 Å². The number of hydrogen-bond donors (Lipinski definition) is 1. The van der Waals surface area contributed by atoms with Crippen LogP contribution < -0.4 is 10.2 Å². The molecule has 154 valence electrons. The van der Waals surface area contributed by atoms with Gasteiger partial charge in [0.1, 0.15) is 5.82 Å². The highest BCUT2D eigenvalue weighted by Gasteiger charge is 2.34. The second kappa shape index (κ2) is 9.26. The molecule has 0 bridgehead atoms. The molecule has 0 unspecified atom stereocenters. The zero-order valence-corrected chi connectivity index (χ0v) is 16.6. The van der Waals surface area contributed by atoms with Crippen molar-refractivity contribution >= 4 is 30.6 Å². The lowest BCUT2D eigenvalue weighted by molar-refractivity contribution is -0.137. The van der Waals surface area contributed by atoms with Crippen molar-refractivity contribution in [1.82, 2.24) is 15.3 Å². The number of rotatable bonds is 2. The Morgan fingerprint density at radius 2 is 1.75 bits per heavy atom. The SMILES string of the molecule is Cl.Cl.FC(F)(F)c1ccccc1-c1nc2c(c(N3CCOCC3)n1)CCNC2. The number of halogens is 5. The van der Waals surface area contributed by atoms with Crippen molar-refractivity contribution in [1.29, 1.82) is 0 Å². The summed E-state index contributed by atoms with van der Waals surface area (Å²) in [6, 6.07) is 5.48. The molecule has 2 aliphatic rings. The van der Waals surface area contributed by atoms with Crippen molar-refractivity contribution in [2.24, 2.45) is 0 Å². The molecule has 0 amide bonds. The summed E-state index contributed by atoms with van der Waals surface area (Å²) in [4.78, 5) is 11.2. The van der Waals surface area contributed by atoms with Crippen LogP contribution in [0, 0.1) is 0 Å². The maximum atomic E-state index is 13.4. The maximum absolute atomic E-state index is 13.4. The van der Waals surface area contributed by atoms with Crippen molar-refractivity contribution in [2.75, 3.05) is 37.7 Å². The number of aromatic nitrogens is 2. The van der Waals surface area contributed by atoms with Gasteiger partial charge in [-0.15, -0.1) is 24.8 Å². The van der Waals surface area contributed by atoms with E-state index in [9.17, 15) is 13.2 Å². The van der Waals surface area contributed by atoms with Crippen molar-refractivity contribution in [3.63, 3.8) is 0 Å².